The number of hydrogen-bond acceptors (Lipinski definition) is 5. The van der Waals surface area contributed by atoms with Crippen molar-refractivity contribution in [2.75, 3.05) is 6.61 Å². The van der Waals surface area contributed by atoms with Crippen molar-refractivity contribution in [3.63, 3.8) is 0 Å². The van der Waals surface area contributed by atoms with Gasteiger partial charge in [0.05, 0.1) is 6.61 Å². The molecule has 0 bridgehead atoms. The van der Waals surface area contributed by atoms with Gasteiger partial charge < -0.3 is 19.3 Å². The molecule has 2 heterocycles. The van der Waals surface area contributed by atoms with Gasteiger partial charge in [-0.3, -0.25) is 0 Å². The summed E-state index contributed by atoms with van der Waals surface area (Å²) in [6.45, 7) is 4.85. The van der Waals surface area contributed by atoms with E-state index in [0.29, 0.717) is 0 Å². The second kappa shape index (κ2) is 2.68. The van der Waals surface area contributed by atoms with Crippen LogP contribution in [0.1, 0.15) is 20.8 Å². The SMILES string of the molecule is CC1(C)O[C@@H]2[C@@H](CO)OC(=O)[C@]2(C)O1. The molecule has 0 aromatic rings. The van der Waals surface area contributed by atoms with Crippen LogP contribution in [-0.4, -0.2) is 41.3 Å². The fourth-order valence-corrected chi connectivity index (χ4v) is 2.05. The largest absolute Gasteiger partial charge is 0.455 e. The minimum Gasteiger partial charge on any atom is -0.455 e. The first kappa shape index (κ1) is 9.89. The number of aliphatic hydroxyl groups excluding tert-OH is 1. The normalized spacial score (nSPS) is 45.0. The molecule has 14 heavy (non-hydrogen) atoms. The Kier molecular flexibility index (Phi) is 1.90. The number of ether oxygens (including phenoxy) is 3. The average Bonchev–Trinajstić information content (AvgIpc) is 2.42. The van der Waals surface area contributed by atoms with Crippen molar-refractivity contribution in [2.24, 2.45) is 0 Å². The molecule has 2 fully saturated rings. The molecule has 80 valence electrons. The molecule has 0 unspecified atom stereocenters. The zero-order chi connectivity index (χ0) is 10.6. The average molecular weight is 202 g/mol. The highest BCUT2D eigenvalue weighted by Gasteiger charge is 2.64. The quantitative estimate of drug-likeness (QED) is 0.597. The van der Waals surface area contributed by atoms with Gasteiger partial charge in [0, 0.05) is 0 Å². The maximum absolute atomic E-state index is 11.5. The molecule has 0 spiro atoms. The van der Waals surface area contributed by atoms with Crippen LogP contribution in [0.2, 0.25) is 0 Å². The number of hydrogen-bond donors (Lipinski definition) is 1. The van der Waals surface area contributed by atoms with Crippen molar-refractivity contribution in [3.05, 3.63) is 0 Å². The number of rotatable bonds is 1. The maximum atomic E-state index is 11.5. The summed E-state index contributed by atoms with van der Waals surface area (Å²) in [5, 5.41) is 9.00. The van der Waals surface area contributed by atoms with Crippen LogP contribution in [0.25, 0.3) is 0 Å². The van der Waals surface area contributed by atoms with E-state index in [-0.39, 0.29) is 6.61 Å². The van der Waals surface area contributed by atoms with Crippen LogP contribution >= 0.6 is 0 Å². The standard InChI is InChI=1S/C9H14O5/c1-8(2)13-6-5(4-10)12-7(11)9(6,3)14-8/h5-6,10H,4H2,1-3H3/t5-,6-,9-/m1/s1. The third-order valence-electron chi connectivity index (χ3n) is 2.59. The Labute approximate surface area is 81.9 Å². The third kappa shape index (κ3) is 1.16. The molecular weight excluding hydrogens is 188 g/mol. The van der Waals surface area contributed by atoms with E-state index in [1.165, 1.54) is 0 Å². The number of carbonyl (C=O) groups excluding carboxylic acids is 1. The van der Waals surface area contributed by atoms with Crippen LogP contribution in [0.4, 0.5) is 0 Å². The zero-order valence-corrected chi connectivity index (χ0v) is 8.44. The van der Waals surface area contributed by atoms with Gasteiger partial charge >= 0.3 is 5.97 Å². The Morgan fingerprint density at radius 3 is 2.64 bits per heavy atom. The minimum absolute atomic E-state index is 0.245. The summed E-state index contributed by atoms with van der Waals surface area (Å²) < 4.78 is 16.0. The lowest BCUT2D eigenvalue weighted by molar-refractivity contribution is -0.198. The molecular formula is C9H14O5. The number of carbonyl (C=O) groups is 1. The predicted octanol–water partition coefficient (Wildman–Crippen LogP) is -0.186. The molecule has 3 atom stereocenters. The highest BCUT2D eigenvalue weighted by atomic mass is 16.8. The summed E-state index contributed by atoms with van der Waals surface area (Å²) in [6, 6.07) is 0. The van der Waals surface area contributed by atoms with E-state index in [9.17, 15) is 4.79 Å². The number of esters is 1. The van der Waals surface area contributed by atoms with Crippen molar-refractivity contribution in [1.29, 1.82) is 0 Å². The van der Waals surface area contributed by atoms with Gasteiger partial charge in [-0.15, -0.1) is 0 Å². The van der Waals surface area contributed by atoms with E-state index in [2.05, 4.69) is 0 Å². The lowest BCUT2D eigenvalue weighted by atomic mass is 9.99. The molecule has 1 N–H and O–H groups in total. The molecule has 2 aliphatic rings. The minimum atomic E-state index is -1.07. The van der Waals surface area contributed by atoms with Gasteiger partial charge in [-0.25, -0.2) is 4.79 Å². The summed E-state index contributed by atoms with van der Waals surface area (Å²) in [7, 11) is 0. The van der Waals surface area contributed by atoms with Crippen molar-refractivity contribution in [1.82, 2.24) is 0 Å². The van der Waals surface area contributed by atoms with E-state index < -0.39 is 29.6 Å². The molecule has 0 aliphatic carbocycles. The van der Waals surface area contributed by atoms with E-state index in [4.69, 9.17) is 19.3 Å². The zero-order valence-electron chi connectivity index (χ0n) is 8.44. The Morgan fingerprint density at radius 1 is 1.43 bits per heavy atom. The second-order valence-electron chi connectivity index (χ2n) is 4.27. The highest BCUT2D eigenvalue weighted by Crippen LogP contribution is 2.43. The highest BCUT2D eigenvalue weighted by molar-refractivity contribution is 5.83. The summed E-state index contributed by atoms with van der Waals surface area (Å²) in [5.74, 6) is -1.26. The van der Waals surface area contributed by atoms with Crippen molar-refractivity contribution >= 4 is 5.97 Å². The smallest absolute Gasteiger partial charge is 0.341 e. The maximum Gasteiger partial charge on any atom is 0.341 e. The van der Waals surface area contributed by atoms with E-state index >= 15 is 0 Å². The van der Waals surface area contributed by atoms with Crippen LogP contribution in [0.5, 0.6) is 0 Å². The topological polar surface area (TPSA) is 65.0 Å². The van der Waals surface area contributed by atoms with Crippen molar-refractivity contribution < 1.29 is 24.1 Å². The molecule has 0 amide bonds. The van der Waals surface area contributed by atoms with E-state index in [0.717, 1.165) is 0 Å². The van der Waals surface area contributed by atoms with Gasteiger partial charge in [-0.05, 0) is 20.8 Å². The molecule has 5 nitrogen and oxygen atoms in total. The first-order chi connectivity index (χ1) is 6.39. The first-order valence-corrected chi connectivity index (χ1v) is 4.59. The van der Waals surface area contributed by atoms with Crippen molar-refractivity contribution in [2.45, 2.75) is 44.4 Å². The van der Waals surface area contributed by atoms with E-state index in [1.807, 2.05) is 0 Å². The Hall–Kier alpha value is -0.650. The molecule has 2 aliphatic heterocycles. The van der Waals surface area contributed by atoms with Crippen LogP contribution in [0.3, 0.4) is 0 Å². The molecule has 0 radical (unpaired) electrons. The monoisotopic (exact) mass is 202 g/mol. The summed E-state index contributed by atoms with van der Waals surface area (Å²) in [5.41, 5.74) is -1.07. The lowest BCUT2D eigenvalue weighted by Gasteiger charge is -2.21. The van der Waals surface area contributed by atoms with Gasteiger partial charge in [0.25, 0.3) is 0 Å². The summed E-state index contributed by atoms with van der Waals surface area (Å²) in [4.78, 5) is 11.5. The van der Waals surface area contributed by atoms with Gasteiger partial charge in [0.15, 0.2) is 17.5 Å². The van der Waals surface area contributed by atoms with E-state index in [1.54, 1.807) is 20.8 Å². The van der Waals surface area contributed by atoms with Gasteiger partial charge in [0.1, 0.15) is 6.10 Å². The van der Waals surface area contributed by atoms with Crippen LogP contribution < -0.4 is 0 Å². The lowest BCUT2D eigenvalue weighted by Crippen LogP contribution is -2.41. The van der Waals surface area contributed by atoms with Gasteiger partial charge in [-0.1, -0.05) is 0 Å². The molecule has 0 aromatic heterocycles. The number of fused-ring (bicyclic) bond motifs is 1. The van der Waals surface area contributed by atoms with Crippen LogP contribution in [0.15, 0.2) is 0 Å². The molecule has 2 saturated heterocycles. The fraction of sp³-hybridized carbons (Fsp3) is 0.889. The Morgan fingerprint density at radius 2 is 2.07 bits per heavy atom. The first-order valence-electron chi connectivity index (χ1n) is 4.59. The summed E-state index contributed by atoms with van der Waals surface area (Å²) >= 11 is 0. The van der Waals surface area contributed by atoms with Crippen LogP contribution in [-0.2, 0) is 19.0 Å². The molecule has 0 saturated carbocycles. The van der Waals surface area contributed by atoms with Gasteiger partial charge in [-0.2, -0.15) is 0 Å². The molecule has 2 rings (SSSR count). The van der Waals surface area contributed by atoms with Crippen molar-refractivity contribution in [3.8, 4) is 0 Å². The fourth-order valence-electron chi connectivity index (χ4n) is 2.05. The predicted molar refractivity (Wildman–Crippen MR) is 45.4 cm³/mol. The van der Waals surface area contributed by atoms with Crippen LogP contribution in [0, 0.1) is 0 Å². The molecule has 5 heteroatoms. The number of cyclic esters (lactones) is 1. The number of aliphatic hydroxyl groups is 1. The second-order valence-corrected chi connectivity index (χ2v) is 4.27. The Balaban J connectivity index is 2.30. The van der Waals surface area contributed by atoms with Gasteiger partial charge in [0.2, 0.25) is 0 Å². The summed E-state index contributed by atoms with van der Waals surface area (Å²) in [6.07, 6.45) is -1.13. The molecule has 0 aromatic carbocycles. The third-order valence-corrected chi connectivity index (χ3v) is 2.59. The Bertz CT molecular complexity index is 274.